The molecule has 28 heavy (non-hydrogen) atoms. The van der Waals surface area contributed by atoms with Gasteiger partial charge in [-0.25, -0.2) is 4.68 Å². The molecule has 0 aliphatic heterocycles. The molecule has 0 spiro atoms. The second kappa shape index (κ2) is 8.14. The fraction of sp³-hybridized carbons (Fsp3) is 0.150. The number of carbonyl (C=O) groups is 2. The van der Waals surface area contributed by atoms with Crippen molar-refractivity contribution in [3.05, 3.63) is 75.0 Å². The van der Waals surface area contributed by atoms with Crippen LogP contribution < -0.4 is 15.0 Å². The predicted molar refractivity (Wildman–Crippen MR) is 104 cm³/mol. The van der Waals surface area contributed by atoms with E-state index in [2.05, 4.69) is 5.10 Å². The minimum atomic E-state index is -0.661. The number of carbonyl (C=O) groups excluding carboxylic acids is 2. The zero-order valence-electron chi connectivity index (χ0n) is 15.2. The Morgan fingerprint density at radius 3 is 2.39 bits per heavy atom. The molecular weight excluding hydrogens is 384 g/mol. The number of ketones is 1. The molecule has 2 aromatic carbocycles. The number of hydrogen-bond acceptors (Lipinski definition) is 5. The molecule has 0 amide bonds. The van der Waals surface area contributed by atoms with Crippen molar-refractivity contribution in [1.29, 1.82) is 0 Å². The van der Waals surface area contributed by atoms with E-state index in [4.69, 9.17) is 21.1 Å². The lowest BCUT2D eigenvalue weighted by Gasteiger charge is -2.03. The molecule has 144 valence electrons. The van der Waals surface area contributed by atoms with Gasteiger partial charge < -0.3 is 9.47 Å². The normalized spacial score (nSPS) is 10.5. The number of aromatic nitrogens is 2. The molecule has 0 fully saturated rings. The summed E-state index contributed by atoms with van der Waals surface area (Å²) in [4.78, 5) is 37.2. The molecule has 8 heteroatoms. The lowest BCUT2D eigenvalue weighted by Crippen LogP contribution is -2.21. The molecular formula is C20H17ClN2O5. The average Bonchev–Trinajstić information content (AvgIpc) is 2.98. The second-order valence-electron chi connectivity index (χ2n) is 5.95. The van der Waals surface area contributed by atoms with Gasteiger partial charge in [0.05, 0.1) is 17.8 Å². The number of nitrogens with zero attached hydrogens (tertiary/aromatic N) is 1. The van der Waals surface area contributed by atoms with Crippen LogP contribution in [0.4, 0.5) is 0 Å². The largest absolute Gasteiger partial charge is 0.497 e. The van der Waals surface area contributed by atoms with Crippen molar-refractivity contribution in [1.82, 2.24) is 9.78 Å². The van der Waals surface area contributed by atoms with Crippen molar-refractivity contribution in [2.24, 2.45) is 0 Å². The van der Waals surface area contributed by atoms with E-state index in [1.807, 2.05) is 0 Å². The van der Waals surface area contributed by atoms with Crippen LogP contribution in [0.2, 0.25) is 5.02 Å². The first-order valence-corrected chi connectivity index (χ1v) is 8.73. The molecule has 0 aliphatic carbocycles. The Balaban J connectivity index is 2.02. The highest BCUT2D eigenvalue weighted by Gasteiger charge is 2.25. The molecule has 3 aromatic rings. The van der Waals surface area contributed by atoms with Gasteiger partial charge in [-0.1, -0.05) is 35.9 Å². The van der Waals surface area contributed by atoms with E-state index in [1.54, 1.807) is 55.6 Å². The first-order valence-electron chi connectivity index (χ1n) is 8.35. The predicted octanol–water partition coefficient (Wildman–Crippen LogP) is 3.18. The summed E-state index contributed by atoms with van der Waals surface area (Å²) in [5, 5.41) is 2.96. The quantitative estimate of drug-likeness (QED) is 0.507. The van der Waals surface area contributed by atoms with Crippen LogP contribution in [0.5, 0.6) is 11.6 Å². The summed E-state index contributed by atoms with van der Waals surface area (Å²) in [5.41, 5.74) is 0.129. The molecule has 1 aromatic heterocycles. The van der Waals surface area contributed by atoms with E-state index in [9.17, 15) is 14.4 Å². The number of benzene rings is 2. The maximum atomic E-state index is 12.9. The van der Waals surface area contributed by atoms with Crippen molar-refractivity contribution in [3.63, 3.8) is 0 Å². The van der Waals surface area contributed by atoms with Crippen LogP contribution in [-0.4, -0.2) is 28.6 Å². The van der Waals surface area contributed by atoms with Gasteiger partial charge in [-0.15, -0.1) is 0 Å². The number of Topliss-reactive ketones (excluding diaryl/α,β-unsaturated/α-hetero) is 1. The minimum Gasteiger partial charge on any atom is -0.497 e. The number of para-hydroxylation sites is 1. The van der Waals surface area contributed by atoms with Crippen LogP contribution in [0.15, 0.2) is 53.3 Å². The van der Waals surface area contributed by atoms with E-state index in [0.717, 1.165) is 4.68 Å². The average molecular weight is 401 g/mol. The first-order chi connectivity index (χ1) is 13.4. The Morgan fingerprint density at radius 1 is 1.11 bits per heavy atom. The number of methoxy groups -OCH3 is 1. The van der Waals surface area contributed by atoms with Gasteiger partial charge in [0.15, 0.2) is 5.78 Å². The fourth-order valence-electron chi connectivity index (χ4n) is 2.70. The molecule has 3 rings (SSSR count). The number of rotatable bonds is 6. The lowest BCUT2D eigenvalue weighted by atomic mass is 10.0. The van der Waals surface area contributed by atoms with Crippen LogP contribution in [-0.2, 0) is 11.2 Å². The second-order valence-corrected chi connectivity index (χ2v) is 6.36. The summed E-state index contributed by atoms with van der Waals surface area (Å²) in [5.74, 6) is -0.713. The molecule has 0 unspecified atom stereocenters. The number of aromatic amines is 1. The van der Waals surface area contributed by atoms with Crippen LogP contribution >= 0.6 is 11.6 Å². The summed E-state index contributed by atoms with van der Waals surface area (Å²) in [7, 11) is 1.54. The molecule has 0 atom stereocenters. The van der Waals surface area contributed by atoms with Crippen LogP contribution in [0.25, 0.3) is 5.69 Å². The molecule has 0 bridgehead atoms. The van der Waals surface area contributed by atoms with E-state index in [1.165, 1.54) is 6.92 Å². The molecule has 7 nitrogen and oxygen atoms in total. The van der Waals surface area contributed by atoms with Gasteiger partial charge in [0.25, 0.3) is 5.56 Å². The Labute approximate surface area is 165 Å². The van der Waals surface area contributed by atoms with Gasteiger partial charge >= 0.3 is 5.97 Å². The zero-order chi connectivity index (χ0) is 20.3. The number of H-pyrrole nitrogens is 1. The molecule has 1 N–H and O–H groups in total. The Bertz CT molecular complexity index is 1080. The van der Waals surface area contributed by atoms with Crippen LogP contribution in [0, 0.1) is 0 Å². The topological polar surface area (TPSA) is 90.4 Å². The zero-order valence-corrected chi connectivity index (χ0v) is 15.9. The third kappa shape index (κ3) is 3.99. The molecule has 1 heterocycles. The standard InChI is InChI=1S/C20H17ClN2O5/c1-12(24)28-19-18(17(25)11-13-7-9-14(27-2)10-8-13)20(26)23(22-19)16-6-4-3-5-15(16)21/h3-10,22H,11H2,1-2H3. The van der Waals surface area contributed by atoms with Crippen molar-refractivity contribution in [2.75, 3.05) is 7.11 Å². The molecule has 0 aliphatic rings. The van der Waals surface area contributed by atoms with Gasteiger partial charge in [0.1, 0.15) is 11.3 Å². The van der Waals surface area contributed by atoms with Gasteiger partial charge in [-0.05, 0) is 29.8 Å². The van der Waals surface area contributed by atoms with Crippen molar-refractivity contribution < 1.29 is 19.1 Å². The number of halogens is 1. The first kappa shape index (κ1) is 19.4. The maximum Gasteiger partial charge on any atom is 0.309 e. The third-order valence-corrected chi connectivity index (χ3v) is 4.32. The number of nitrogens with one attached hydrogen (secondary N) is 1. The highest BCUT2D eigenvalue weighted by atomic mass is 35.5. The SMILES string of the molecule is COc1ccc(CC(=O)c2c(OC(C)=O)[nH]n(-c3ccccc3Cl)c2=O)cc1. The van der Waals surface area contributed by atoms with Gasteiger partial charge in [-0.3, -0.25) is 19.5 Å². The van der Waals surface area contributed by atoms with Crippen LogP contribution in [0.3, 0.4) is 0 Å². The van der Waals surface area contributed by atoms with Crippen molar-refractivity contribution >= 4 is 23.4 Å². The monoisotopic (exact) mass is 400 g/mol. The van der Waals surface area contributed by atoms with Gasteiger partial charge in [-0.2, -0.15) is 0 Å². The Morgan fingerprint density at radius 2 is 1.79 bits per heavy atom. The van der Waals surface area contributed by atoms with Gasteiger partial charge in [0, 0.05) is 13.3 Å². The highest BCUT2D eigenvalue weighted by Crippen LogP contribution is 2.22. The fourth-order valence-corrected chi connectivity index (χ4v) is 2.92. The van der Waals surface area contributed by atoms with Gasteiger partial charge in [0.2, 0.25) is 5.88 Å². The van der Waals surface area contributed by atoms with E-state index < -0.39 is 17.3 Å². The lowest BCUT2D eigenvalue weighted by molar-refractivity contribution is -0.132. The molecule has 0 saturated heterocycles. The van der Waals surface area contributed by atoms with Crippen molar-refractivity contribution in [2.45, 2.75) is 13.3 Å². The number of ether oxygens (including phenoxy) is 2. The smallest absolute Gasteiger partial charge is 0.309 e. The van der Waals surface area contributed by atoms with E-state index in [-0.39, 0.29) is 17.9 Å². The summed E-state index contributed by atoms with van der Waals surface area (Å²) in [6.45, 7) is 1.18. The van der Waals surface area contributed by atoms with Crippen LogP contribution in [0.1, 0.15) is 22.8 Å². The van der Waals surface area contributed by atoms with E-state index >= 15 is 0 Å². The number of hydrogen-bond donors (Lipinski definition) is 1. The molecule has 0 saturated carbocycles. The Kier molecular flexibility index (Phi) is 5.65. The summed E-state index contributed by atoms with van der Waals surface area (Å²) < 4.78 is 11.2. The Hall–Kier alpha value is -3.32. The number of esters is 1. The minimum absolute atomic E-state index is 0.0477. The maximum absolute atomic E-state index is 12.9. The summed E-state index contributed by atoms with van der Waals surface area (Å²) in [6.07, 6.45) is -0.0477. The summed E-state index contributed by atoms with van der Waals surface area (Å²) >= 11 is 6.15. The molecule has 0 radical (unpaired) electrons. The highest BCUT2D eigenvalue weighted by molar-refractivity contribution is 6.32. The van der Waals surface area contributed by atoms with E-state index in [0.29, 0.717) is 22.0 Å². The third-order valence-electron chi connectivity index (χ3n) is 4.00. The summed E-state index contributed by atoms with van der Waals surface area (Å²) in [6, 6.07) is 13.5. The van der Waals surface area contributed by atoms with Crippen molar-refractivity contribution in [3.8, 4) is 17.3 Å².